The molecule has 17 heavy (non-hydrogen) atoms. The highest BCUT2D eigenvalue weighted by Crippen LogP contribution is 2.16. The Morgan fingerprint density at radius 2 is 2.35 bits per heavy atom. The number of hydrogen-bond acceptors (Lipinski definition) is 2. The van der Waals surface area contributed by atoms with Crippen LogP contribution in [0.4, 0.5) is 10.5 Å². The van der Waals surface area contributed by atoms with Crippen LogP contribution in [0, 0.1) is 12.3 Å². The standard InChI is InChI=1S/C13H16N2O2/c1-4-10(5-2)14-13(16)15-11-7-6-8-12(9-11)17-3/h1,6-10H,5H2,2-3H3,(H2,14,15,16). The van der Waals surface area contributed by atoms with Gasteiger partial charge < -0.3 is 15.4 Å². The third-order valence-corrected chi connectivity index (χ3v) is 2.24. The summed E-state index contributed by atoms with van der Waals surface area (Å²) in [5.41, 5.74) is 0.661. The van der Waals surface area contributed by atoms with Gasteiger partial charge in [-0.3, -0.25) is 0 Å². The zero-order chi connectivity index (χ0) is 12.7. The van der Waals surface area contributed by atoms with E-state index in [0.29, 0.717) is 17.9 Å². The molecule has 0 aromatic heterocycles. The second-order valence-electron chi connectivity index (χ2n) is 3.46. The molecule has 1 rings (SSSR count). The van der Waals surface area contributed by atoms with E-state index in [2.05, 4.69) is 16.6 Å². The summed E-state index contributed by atoms with van der Waals surface area (Å²) >= 11 is 0. The fourth-order valence-corrected chi connectivity index (χ4v) is 1.29. The first-order valence-electron chi connectivity index (χ1n) is 5.37. The molecule has 0 radical (unpaired) electrons. The second kappa shape index (κ2) is 6.44. The fourth-order valence-electron chi connectivity index (χ4n) is 1.29. The van der Waals surface area contributed by atoms with Crippen molar-refractivity contribution in [2.45, 2.75) is 19.4 Å². The van der Waals surface area contributed by atoms with Crippen molar-refractivity contribution in [3.8, 4) is 18.1 Å². The minimum atomic E-state index is -0.317. The third kappa shape index (κ3) is 4.07. The van der Waals surface area contributed by atoms with Crippen LogP contribution in [0.5, 0.6) is 5.75 Å². The van der Waals surface area contributed by atoms with Crippen molar-refractivity contribution in [3.63, 3.8) is 0 Å². The first-order chi connectivity index (χ1) is 8.19. The van der Waals surface area contributed by atoms with E-state index in [0.717, 1.165) is 0 Å². The van der Waals surface area contributed by atoms with Crippen LogP contribution >= 0.6 is 0 Å². The highest BCUT2D eigenvalue weighted by molar-refractivity contribution is 5.89. The monoisotopic (exact) mass is 232 g/mol. The van der Waals surface area contributed by atoms with E-state index in [9.17, 15) is 4.79 Å². The Balaban J connectivity index is 2.59. The number of amides is 2. The Morgan fingerprint density at radius 1 is 1.59 bits per heavy atom. The maximum atomic E-state index is 11.6. The lowest BCUT2D eigenvalue weighted by atomic mass is 10.2. The summed E-state index contributed by atoms with van der Waals surface area (Å²) in [6.45, 7) is 1.91. The Kier molecular flexibility index (Phi) is 4.89. The first kappa shape index (κ1) is 12.9. The van der Waals surface area contributed by atoms with E-state index in [-0.39, 0.29) is 12.1 Å². The van der Waals surface area contributed by atoms with E-state index in [4.69, 9.17) is 11.2 Å². The smallest absolute Gasteiger partial charge is 0.320 e. The minimum Gasteiger partial charge on any atom is -0.497 e. The van der Waals surface area contributed by atoms with Gasteiger partial charge in [-0.1, -0.05) is 18.9 Å². The van der Waals surface area contributed by atoms with Gasteiger partial charge in [0.25, 0.3) is 0 Å². The summed E-state index contributed by atoms with van der Waals surface area (Å²) < 4.78 is 5.06. The molecule has 0 spiro atoms. The van der Waals surface area contributed by atoms with Gasteiger partial charge in [-0.05, 0) is 18.6 Å². The van der Waals surface area contributed by atoms with Crippen LogP contribution in [0.25, 0.3) is 0 Å². The summed E-state index contributed by atoms with van der Waals surface area (Å²) in [5, 5.41) is 5.37. The lowest BCUT2D eigenvalue weighted by molar-refractivity contribution is 0.250. The largest absolute Gasteiger partial charge is 0.497 e. The van der Waals surface area contributed by atoms with Gasteiger partial charge in [0.05, 0.1) is 13.2 Å². The van der Waals surface area contributed by atoms with Gasteiger partial charge in [0, 0.05) is 11.8 Å². The van der Waals surface area contributed by atoms with Crippen LogP contribution in [-0.4, -0.2) is 19.2 Å². The minimum absolute atomic E-state index is 0.249. The van der Waals surface area contributed by atoms with Crippen LogP contribution < -0.4 is 15.4 Å². The van der Waals surface area contributed by atoms with Crippen LogP contribution in [0.15, 0.2) is 24.3 Å². The molecule has 0 bridgehead atoms. The SMILES string of the molecule is C#CC(CC)NC(=O)Nc1cccc(OC)c1. The van der Waals surface area contributed by atoms with E-state index in [1.807, 2.05) is 6.92 Å². The molecule has 0 aliphatic rings. The Labute approximate surface area is 101 Å². The van der Waals surface area contributed by atoms with Gasteiger partial charge in [-0.15, -0.1) is 6.42 Å². The third-order valence-electron chi connectivity index (χ3n) is 2.24. The highest BCUT2D eigenvalue weighted by Gasteiger charge is 2.07. The Bertz CT molecular complexity index is 424. The summed E-state index contributed by atoms with van der Waals surface area (Å²) in [4.78, 5) is 11.6. The normalized spacial score (nSPS) is 11.1. The molecule has 2 N–H and O–H groups in total. The average molecular weight is 232 g/mol. The predicted octanol–water partition coefficient (Wildman–Crippen LogP) is 2.23. The number of carbonyl (C=O) groups excluding carboxylic acids is 1. The molecule has 0 saturated carbocycles. The number of rotatable bonds is 4. The van der Waals surface area contributed by atoms with Crippen molar-refractivity contribution in [3.05, 3.63) is 24.3 Å². The number of benzene rings is 1. The highest BCUT2D eigenvalue weighted by atomic mass is 16.5. The maximum absolute atomic E-state index is 11.6. The molecule has 0 saturated heterocycles. The van der Waals surface area contributed by atoms with Crippen molar-refractivity contribution in [1.82, 2.24) is 5.32 Å². The molecule has 1 aromatic rings. The zero-order valence-corrected chi connectivity index (χ0v) is 9.99. The van der Waals surface area contributed by atoms with Gasteiger partial charge in [-0.2, -0.15) is 0 Å². The topological polar surface area (TPSA) is 50.4 Å². The van der Waals surface area contributed by atoms with Gasteiger partial charge in [0.1, 0.15) is 5.75 Å². The van der Waals surface area contributed by atoms with Crippen molar-refractivity contribution < 1.29 is 9.53 Å². The molecule has 2 amide bonds. The summed E-state index contributed by atoms with van der Waals surface area (Å²) in [7, 11) is 1.57. The molecule has 4 heteroatoms. The van der Waals surface area contributed by atoms with Crippen molar-refractivity contribution in [1.29, 1.82) is 0 Å². The summed E-state index contributed by atoms with van der Waals surface area (Å²) in [6.07, 6.45) is 5.95. The second-order valence-corrected chi connectivity index (χ2v) is 3.46. The van der Waals surface area contributed by atoms with Crippen LogP contribution in [0.2, 0.25) is 0 Å². The predicted molar refractivity (Wildman–Crippen MR) is 68.1 cm³/mol. The number of anilines is 1. The van der Waals surface area contributed by atoms with Crippen LogP contribution in [-0.2, 0) is 0 Å². The molecule has 1 unspecified atom stereocenters. The summed E-state index contributed by atoms with van der Waals surface area (Å²) in [6, 6.07) is 6.55. The molecular weight excluding hydrogens is 216 g/mol. The van der Waals surface area contributed by atoms with Gasteiger partial charge >= 0.3 is 6.03 Å². The quantitative estimate of drug-likeness (QED) is 0.782. The van der Waals surface area contributed by atoms with E-state index in [1.54, 1.807) is 31.4 Å². The fraction of sp³-hybridized carbons (Fsp3) is 0.308. The molecule has 4 nitrogen and oxygen atoms in total. The van der Waals surface area contributed by atoms with Gasteiger partial charge in [-0.25, -0.2) is 4.79 Å². The molecule has 0 aliphatic heterocycles. The number of nitrogens with one attached hydrogen (secondary N) is 2. The van der Waals surface area contributed by atoms with E-state index < -0.39 is 0 Å². The first-order valence-corrected chi connectivity index (χ1v) is 5.37. The number of methoxy groups -OCH3 is 1. The van der Waals surface area contributed by atoms with Gasteiger partial charge in [0.2, 0.25) is 0 Å². The Hall–Kier alpha value is -2.15. The van der Waals surface area contributed by atoms with Crippen molar-refractivity contribution in [2.75, 3.05) is 12.4 Å². The molecule has 0 fully saturated rings. The molecule has 90 valence electrons. The van der Waals surface area contributed by atoms with Crippen molar-refractivity contribution >= 4 is 11.7 Å². The zero-order valence-electron chi connectivity index (χ0n) is 9.99. The number of ether oxygens (including phenoxy) is 1. The lowest BCUT2D eigenvalue weighted by Gasteiger charge is -2.12. The van der Waals surface area contributed by atoms with Crippen LogP contribution in [0.1, 0.15) is 13.3 Å². The lowest BCUT2D eigenvalue weighted by Crippen LogP contribution is -2.36. The maximum Gasteiger partial charge on any atom is 0.320 e. The van der Waals surface area contributed by atoms with Gasteiger partial charge in [0.15, 0.2) is 0 Å². The molecule has 1 atom stereocenters. The molecule has 0 aliphatic carbocycles. The number of hydrogen-bond donors (Lipinski definition) is 2. The number of terminal acetylenes is 1. The van der Waals surface area contributed by atoms with E-state index >= 15 is 0 Å². The van der Waals surface area contributed by atoms with Crippen LogP contribution in [0.3, 0.4) is 0 Å². The van der Waals surface area contributed by atoms with Crippen molar-refractivity contribution in [2.24, 2.45) is 0 Å². The number of urea groups is 1. The van der Waals surface area contributed by atoms with E-state index in [1.165, 1.54) is 0 Å². The summed E-state index contributed by atoms with van der Waals surface area (Å²) in [5.74, 6) is 3.18. The molecule has 1 aromatic carbocycles. The number of carbonyl (C=O) groups is 1. The average Bonchev–Trinajstić information content (AvgIpc) is 2.36. The molecule has 0 heterocycles. The Morgan fingerprint density at radius 3 is 2.94 bits per heavy atom. The molecular formula is C13H16N2O2.